The quantitative estimate of drug-likeness (QED) is 0.0891. The van der Waals surface area contributed by atoms with E-state index < -0.39 is 104 Å². The number of nitrogens with two attached hydrogens (primary N) is 5. The zero-order valence-electron chi connectivity index (χ0n) is 24.9. The van der Waals surface area contributed by atoms with E-state index in [0.717, 1.165) is 12.8 Å². The lowest BCUT2D eigenvalue weighted by Gasteiger charge is -2.50. The summed E-state index contributed by atoms with van der Waals surface area (Å²) in [6.45, 7) is -0.170. The monoisotopic (exact) mass is 638 g/mol. The van der Waals surface area contributed by atoms with E-state index in [-0.39, 0.29) is 37.9 Å². The van der Waals surface area contributed by atoms with Gasteiger partial charge in [-0.3, -0.25) is 0 Å². The summed E-state index contributed by atoms with van der Waals surface area (Å²) in [5.41, 5.74) is 29.8. The van der Waals surface area contributed by atoms with Crippen molar-refractivity contribution in [3.8, 4) is 0 Å². The van der Waals surface area contributed by atoms with E-state index in [2.05, 4.69) is 5.32 Å². The van der Waals surface area contributed by atoms with Crippen LogP contribution >= 0.6 is 0 Å². The molecule has 2 heterocycles. The summed E-state index contributed by atoms with van der Waals surface area (Å²) < 4.78 is 24.0. The van der Waals surface area contributed by atoms with Crippen LogP contribution in [0.4, 0.5) is 0 Å². The van der Waals surface area contributed by atoms with Crippen molar-refractivity contribution in [2.75, 3.05) is 26.2 Å². The molecule has 0 amide bonds. The molecule has 2 saturated heterocycles. The van der Waals surface area contributed by atoms with Crippen LogP contribution < -0.4 is 34.0 Å². The molecule has 258 valence electrons. The molecule has 4 fully saturated rings. The molecule has 0 aromatic carbocycles. The van der Waals surface area contributed by atoms with Crippen molar-refractivity contribution in [2.24, 2.45) is 40.5 Å². The van der Waals surface area contributed by atoms with Crippen molar-refractivity contribution in [2.45, 2.75) is 130 Å². The van der Waals surface area contributed by atoms with Gasteiger partial charge in [0.05, 0.1) is 30.9 Å². The Morgan fingerprint density at radius 1 is 0.795 bits per heavy atom. The highest BCUT2D eigenvalue weighted by molar-refractivity contribution is 5.01. The van der Waals surface area contributed by atoms with Crippen LogP contribution in [0.3, 0.4) is 0 Å². The number of nitrogens with one attached hydrogen (secondary N) is 1. The number of aliphatic hydroxyl groups excluding tert-OH is 7. The first-order chi connectivity index (χ1) is 20.9. The maximum atomic E-state index is 11.7. The van der Waals surface area contributed by atoms with Gasteiger partial charge in [-0.2, -0.15) is 0 Å². The minimum absolute atomic E-state index is 0.0324. The van der Waals surface area contributed by atoms with Gasteiger partial charge >= 0.3 is 0 Å². The van der Waals surface area contributed by atoms with Crippen LogP contribution in [0.5, 0.6) is 0 Å². The average Bonchev–Trinajstić information content (AvgIpc) is 2.99. The molecule has 2 aliphatic carbocycles. The molecule has 4 rings (SSSR count). The summed E-state index contributed by atoms with van der Waals surface area (Å²) in [4.78, 5) is 0. The molecule has 0 spiro atoms. The normalized spacial score (nSPS) is 49.0. The van der Waals surface area contributed by atoms with Crippen LogP contribution in [0.15, 0.2) is 0 Å². The lowest BCUT2D eigenvalue weighted by molar-refractivity contribution is -0.325. The van der Waals surface area contributed by atoms with Gasteiger partial charge in [-0.15, -0.1) is 0 Å². The Balaban J connectivity index is 1.54. The predicted molar refractivity (Wildman–Crippen MR) is 154 cm³/mol. The average molecular weight is 639 g/mol. The molecule has 17 nitrogen and oxygen atoms in total. The fourth-order valence-electron chi connectivity index (χ4n) is 6.77. The second-order valence-electron chi connectivity index (χ2n) is 12.9. The van der Waals surface area contributed by atoms with Gasteiger partial charge in [0, 0.05) is 25.2 Å². The fourth-order valence-corrected chi connectivity index (χ4v) is 6.77. The summed E-state index contributed by atoms with van der Waals surface area (Å²) in [5, 5.41) is 77.3. The lowest BCUT2D eigenvalue weighted by atomic mass is 9.76. The van der Waals surface area contributed by atoms with Crippen molar-refractivity contribution in [3.05, 3.63) is 0 Å². The maximum Gasteiger partial charge on any atom is 0.186 e. The van der Waals surface area contributed by atoms with Crippen molar-refractivity contribution < 1.29 is 54.7 Å². The summed E-state index contributed by atoms with van der Waals surface area (Å²) in [6, 6.07) is -2.73. The summed E-state index contributed by atoms with van der Waals surface area (Å²) in [7, 11) is 0. The van der Waals surface area contributed by atoms with Gasteiger partial charge in [-0.1, -0.05) is 0 Å². The van der Waals surface area contributed by atoms with Crippen LogP contribution in [-0.4, -0.2) is 160 Å². The predicted octanol–water partition coefficient (Wildman–Crippen LogP) is -6.57. The molecular weight excluding hydrogens is 584 g/mol. The minimum Gasteiger partial charge on any atom is -0.394 e. The van der Waals surface area contributed by atoms with Gasteiger partial charge in [0.1, 0.15) is 48.8 Å². The second-order valence-corrected chi connectivity index (χ2v) is 12.9. The Morgan fingerprint density at radius 2 is 1.45 bits per heavy atom. The number of hydrogen-bond donors (Lipinski definition) is 13. The number of ether oxygens (including phenoxy) is 4. The molecule has 16 atom stereocenters. The molecule has 4 aliphatic rings. The van der Waals surface area contributed by atoms with Crippen molar-refractivity contribution in [1.29, 1.82) is 0 Å². The van der Waals surface area contributed by atoms with E-state index in [1.165, 1.54) is 0 Å². The van der Waals surface area contributed by atoms with Crippen LogP contribution in [0.1, 0.15) is 32.1 Å². The summed E-state index contributed by atoms with van der Waals surface area (Å²) in [6.07, 6.45) is -12.0. The maximum absolute atomic E-state index is 11.7. The van der Waals surface area contributed by atoms with E-state index in [4.69, 9.17) is 47.6 Å². The smallest absolute Gasteiger partial charge is 0.186 e. The molecule has 0 radical (unpaired) electrons. The van der Waals surface area contributed by atoms with Gasteiger partial charge < -0.3 is 88.7 Å². The number of rotatable bonds is 13. The van der Waals surface area contributed by atoms with Gasteiger partial charge in [-0.25, -0.2) is 0 Å². The van der Waals surface area contributed by atoms with Crippen molar-refractivity contribution in [1.82, 2.24) is 5.32 Å². The number of aliphatic hydroxyl groups is 7. The largest absolute Gasteiger partial charge is 0.394 e. The molecule has 2 unspecified atom stereocenters. The van der Waals surface area contributed by atoms with Crippen molar-refractivity contribution in [3.63, 3.8) is 0 Å². The van der Waals surface area contributed by atoms with Crippen molar-refractivity contribution >= 4 is 0 Å². The Hall–Kier alpha value is -0.680. The van der Waals surface area contributed by atoms with Crippen LogP contribution in [-0.2, 0) is 18.9 Å². The molecule has 18 N–H and O–H groups in total. The molecule has 2 saturated carbocycles. The van der Waals surface area contributed by atoms with E-state index in [1.807, 2.05) is 0 Å². The first-order valence-electron chi connectivity index (χ1n) is 15.6. The molecule has 0 aromatic heterocycles. The molecule has 0 bridgehead atoms. The summed E-state index contributed by atoms with van der Waals surface area (Å²) in [5.74, 6) is -0.178. The highest BCUT2D eigenvalue weighted by Crippen LogP contribution is 2.37. The van der Waals surface area contributed by atoms with Crippen LogP contribution in [0.2, 0.25) is 0 Å². The Kier molecular flexibility index (Phi) is 13.1. The highest BCUT2D eigenvalue weighted by Gasteiger charge is 2.52. The fraction of sp³-hybridized carbons (Fsp3) is 1.00. The van der Waals surface area contributed by atoms with Gasteiger partial charge in [-0.05, 0) is 50.5 Å². The SMILES string of the molecule is NCC(O)CC[C@@H]1C[C@H](N)C(O[C@H]2O[C@H](CN)[C@@H](O)[C@H](O)[C@H]2NCC2CC(N)C2)[C@H](O)[C@H]1O[C@H]1O[C@H](CO)[C@@H](O)[C@H](N)[C@H]1O. The Bertz CT molecular complexity index is 878. The van der Waals surface area contributed by atoms with E-state index in [1.54, 1.807) is 0 Å². The van der Waals surface area contributed by atoms with E-state index in [9.17, 15) is 35.7 Å². The molecular formula is C27H54N6O11. The molecule has 17 heteroatoms. The second kappa shape index (κ2) is 15.9. The Morgan fingerprint density at radius 3 is 2.07 bits per heavy atom. The molecule has 2 aliphatic heterocycles. The number of hydrogen-bond acceptors (Lipinski definition) is 17. The third-order valence-electron chi connectivity index (χ3n) is 9.64. The topological polar surface area (TPSA) is 321 Å². The zero-order valence-corrected chi connectivity index (χ0v) is 24.9. The van der Waals surface area contributed by atoms with E-state index in [0.29, 0.717) is 13.0 Å². The standard InChI is InChI=1S/C27H54N6O11/c28-6-13(35)2-1-11-5-14(31)25(23(40)24(11)43-27-21(38)17(32)19(36)16(9-34)42-27)44-26-18(33-8-10-3-12(30)4-10)22(39)20(37)15(7-29)41-26/h10-27,33-40H,1-9,28-32H2/t10?,11-,12?,13?,14+,15-,16-,17+,18-,19-,20-,21-,22-,23-,24+,25?,26-,27-/m1/s1. The molecule has 0 aromatic rings. The van der Waals surface area contributed by atoms with Crippen LogP contribution in [0.25, 0.3) is 0 Å². The highest BCUT2D eigenvalue weighted by atomic mass is 16.7. The third kappa shape index (κ3) is 8.06. The molecule has 44 heavy (non-hydrogen) atoms. The van der Waals surface area contributed by atoms with Gasteiger partial charge in [0.2, 0.25) is 0 Å². The first-order valence-corrected chi connectivity index (χ1v) is 15.6. The summed E-state index contributed by atoms with van der Waals surface area (Å²) >= 11 is 0. The third-order valence-corrected chi connectivity index (χ3v) is 9.64. The van der Waals surface area contributed by atoms with E-state index >= 15 is 0 Å². The van der Waals surface area contributed by atoms with Gasteiger partial charge in [0.25, 0.3) is 0 Å². The first kappa shape index (κ1) is 36.2. The lowest BCUT2D eigenvalue weighted by Crippen LogP contribution is -2.68. The van der Waals surface area contributed by atoms with Crippen LogP contribution in [0, 0.1) is 11.8 Å². The zero-order chi connectivity index (χ0) is 32.3. The van der Waals surface area contributed by atoms with Gasteiger partial charge in [0.15, 0.2) is 12.6 Å². The minimum atomic E-state index is -1.50. The Labute approximate surface area is 256 Å².